The van der Waals surface area contributed by atoms with E-state index in [1.165, 1.54) is 12.1 Å². The molecule has 0 heterocycles. The molecule has 5 heteroatoms. The van der Waals surface area contributed by atoms with E-state index in [2.05, 4.69) is 4.72 Å². The number of sulfonamides is 1. The Morgan fingerprint density at radius 3 is 2.45 bits per heavy atom. The minimum absolute atomic E-state index is 0.179. The first-order valence-corrected chi connectivity index (χ1v) is 7.82. The first-order chi connectivity index (χ1) is 9.40. The van der Waals surface area contributed by atoms with Crippen molar-refractivity contribution in [2.75, 3.05) is 5.73 Å². The molecule has 0 spiro atoms. The minimum Gasteiger partial charge on any atom is -0.399 e. The average Bonchev–Trinajstić information content (AvgIpc) is 2.38. The van der Waals surface area contributed by atoms with Crippen LogP contribution >= 0.6 is 0 Å². The summed E-state index contributed by atoms with van der Waals surface area (Å²) >= 11 is 0. The highest BCUT2D eigenvalue weighted by Gasteiger charge is 2.19. The highest BCUT2D eigenvalue weighted by molar-refractivity contribution is 7.89. The normalized spacial score (nSPS) is 13.1. The van der Waals surface area contributed by atoms with Crippen LogP contribution in [0.5, 0.6) is 0 Å². The molecule has 0 aliphatic heterocycles. The molecule has 0 aliphatic carbocycles. The number of nitrogens with two attached hydrogens (primary N) is 1. The second-order valence-electron chi connectivity index (χ2n) is 4.77. The quantitative estimate of drug-likeness (QED) is 0.850. The summed E-state index contributed by atoms with van der Waals surface area (Å²) in [6, 6.07) is 13.7. The number of hydrogen-bond donors (Lipinski definition) is 2. The molecule has 0 radical (unpaired) electrons. The Bertz CT molecular complexity index is 711. The summed E-state index contributed by atoms with van der Waals surface area (Å²) in [5.74, 6) is 0. The van der Waals surface area contributed by atoms with Crippen molar-refractivity contribution in [2.45, 2.75) is 24.8 Å². The maximum Gasteiger partial charge on any atom is 0.241 e. The van der Waals surface area contributed by atoms with E-state index in [0.29, 0.717) is 5.69 Å². The summed E-state index contributed by atoms with van der Waals surface area (Å²) in [5.41, 5.74) is 8.07. The Morgan fingerprint density at radius 1 is 1.10 bits per heavy atom. The fourth-order valence-electron chi connectivity index (χ4n) is 2.12. The molecule has 0 bridgehead atoms. The predicted molar refractivity (Wildman–Crippen MR) is 80.8 cm³/mol. The summed E-state index contributed by atoms with van der Waals surface area (Å²) in [7, 11) is -3.58. The maximum atomic E-state index is 12.3. The van der Waals surface area contributed by atoms with E-state index in [0.717, 1.165) is 11.1 Å². The van der Waals surface area contributed by atoms with Crippen molar-refractivity contribution in [2.24, 2.45) is 0 Å². The molecule has 4 nitrogen and oxygen atoms in total. The van der Waals surface area contributed by atoms with Crippen molar-refractivity contribution in [3.05, 3.63) is 59.7 Å². The fraction of sp³-hybridized carbons (Fsp3) is 0.200. The Hall–Kier alpha value is -1.85. The third-order valence-electron chi connectivity index (χ3n) is 3.16. The zero-order valence-electron chi connectivity index (χ0n) is 11.5. The number of nitrogens with one attached hydrogen (secondary N) is 1. The van der Waals surface area contributed by atoms with Gasteiger partial charge in [-0.25, -0.2) is 13.1 Å². The van der Waals surface area contributed by atoms with Crippen molar-refractivity contribution in [3.8, 4) is 0 Å². The van der Waals surface area contributed by atoms with Gasteiger partial charge >= 0.3 is 0 Å². The molecule has 2 rings (SSSR count). The lowest BCUT2D eigenvalue weighted by Crippen LogP contribution is -2.27. The molecule has 3 N–H and O–H groups in total. The van der Waals surface area contributed by atoms with E-state index in [-0.39, 0.29) is 10.9 Å². The van der Waals surface area contributed by atoms with E-state index in [4.69, 9.17) is 5.73 Å². The van der Waals surface area contributed by atoms with Crippen LogP contribution in [0.25, 0.3) is 0 Å². The molecular formula is C15H18N2O2S. The molecule has 0 fully saturated rings. The monoisotopic (exact) mass is 290 g/mol. The van der Waals surface area contributed by atoms with Gasteiger partial charge in [-0.1, -0.05) is 30.3 Å². The van der Waals surface area contributed by atoms with Crippen LogP contribution in [0.15, 0.2) is 53.4 Å². The molecule has 106 valence electrons. The van der Waals surface area contributed by atoms with Crippen molar-refractivity contribution in [3.63, 3.8) is 0 Å². The first-order valence-electron chi connectivity index (χ1n) is 6.33. The summed E-state index contributed by atoms with van der Waals surface area (Å²) in [6.45, 7) is 3.78. The van der Waals surface area contributed by atoms with Crippen LogP contribution in [0, 0.1) is 6.92 Å². The van der Waals surface area contributed by atoms with Gasteiger partial charge in [0.25, 0.3) is 0 Å². The number of rotatable bonds is 4. The largest absolute Gasteiger partial charge is 0.399 e. The minimum atomic E-state index is -3.58. The molecule has 0 amide bonds. The molecule has 1 atom stereocenters. The van der Waals surface area contributed by atoms with Gasteiger partial charge in [-0.05, 0) is 43.2 Å². The van der Waals surface area contributed by atoms with E-state index >= 15 is 0 Å². The van der Waals surface area contributed by atoms with Gasteiger partial charge in [-0.15, -0.1) is 0 Å². The number of hydrogen-bond acceptors (Lipinski definition) is 3. The average molecular weight is 290 g/mol. The molecular weight excluding hydrogens is 272 g/mol. The lowest BCUT2D eigenvalue weighted by molar-refractivity contribution is 0.566. The second-order valence-corrected chi connectivity index (χ2v) is 6.49. The predicted octanol–water partition coefficient (Wildman–Crippen LogP) is 2.62. The highest BCUT2D eigenvalue weighted by Crippen LogP contribution is 2.20. The van der Waals surface area contributed by atoms with Gasteiger partial charge in [0.1, 0.15) is 0 Å². The van der Waals surface area contributed by atoms with Crippen LogP contribution in [0.4, 0.5) is 5.69 Å². The van der Waals surface area contributed by atoms with E-state index in [9.17, 15) is 8.42 Å². The van der Waals surface area contributed by atoms with Crippen LogP contribution in [-0.4, -0.2) is 8.42 Å². The highest BCUT2D eigenvalue weighted by atomic mass is 32.2. The maximum absolute atomic E-state index is 12.3. The van der Waals surface area contributed by atoms with Gasteiger partial charge in [0.05, 0.1) is 4.90 Å². The van der Waals surface area contributed by atoms with Crippen molar-refractivity contribution < 1.29 is 8.42 Å². The third-order valence-corrected chi connectivity index (χ3v) is 4.69. The van der Waals surface area contributed by atoms with Crippen molar-refractivity contribution >= 4 is 15.7 Å². The summed E-state index contributed by atoms with van der Waals surface area (Å²) in [4.78, 5) is 0.179. The van der Waals surface area contributed by atoms with Crippen LogP contribution in [0.3, 0.4) is 0 Å². The smallest absolute Gasteiger partial charge is 0.241 e. The van der Waals surface area contributed by atoms with Gasteiger partial charge in [-0.2, -0.15) is 0 Å². The zero-order valence-corrected chi connectivity index (χ0v) is 12.3. The molecule has 0 aliphatic rings. The van der Waals surface area contributed by atoms with Gasteiger partial charge in [-0.3, -0.25) is 0 Å². The van der Waals surface area contributed by atoms with Gasteiger partial charge < -0.3 is 5.73 Å². The number of anilines is 1. The molecule has 0 saturated heterocycles. The van der Waals surface area contributed by atoms with Crippen LogP contribution in [0.1, 0.15) is 24.1 Å². The summed E-state index contributed by atoms with van der Waals surface area (Å²) in [5, 5.41) is 0. The lowest BCUT2D eigenvalue weighted by atomic mass is 10.0. The molecule has 0 saturated carbocycles. The Labute approximate surface area is 119 Å². The van der Waals surface area contributed by atoms with Gasteiger partial charge in [0, 0.05) is 11.7 Å². The number of benzene rings is 2. The van der Waals surface area contributed by atoms with E-state index < -0.39 is 10.0 Å². The molecule has 1 unspecified atom stereocenters. The lowest BCUT2D eigenvalue weighted by Gasteiger charge is -2.16. The Kier molecular flexibility index (Phi) is 4.11. The summed E-state index contributed by atoms with van der Waals surface area (Å²) in [6.07, 6.45) is 0. The van der Waals surface area contributed by atoms with Crippen LogP contribution in [-0.2, 0) is 10.0 Å². The van der Waals surface area contributed by atoms with Gasteiger partial charge in [0.15, 0.2) is 0 Å². The van der Waals surface area contributed by atoms with Crippen molar-refractivity contribution in [1.82, 2.24) is 4.72 Å². The first kappa shape index (κ1) is 14.6. The second kappa shape index (κ2) is 5.64. The van der Waals surface area contributed by atoms with Crippen LogP contribution < -0.4 is 10.5 Å². The topological polar surface area (TPSA) is 72.2 Å². The number of aryl methyl sites for hydroxylation is 1. The molecule has 20 heavy (non-hydrogen) atoms. The molecule has 2 aromatic rings. The number of nitrogen functional groups attached to an aromatic ring is 1. The van der Waals surface area contributed by atoms with Gasteiger partial charge in [0.2, 0.25) is 10.0 Å². The Balaban J connectivity index is 2.27. The fourth-order valence-corrected chi connectivity index (χ4v) is 3.40. The summed E-state index contributed by atoms with van der Waals surface area (Å²) < 4.78 is 27.3. The third kappa shape index (κ3) is 3.18. The van der Waals surface area contributed by atoms with E-state index in [1.807, 2.05) is 38.1 Å². The molecule has 2 aromatic carbocycles. The zero-order chi connectivity index (χ0) is 14.8. The SMILES string of the molecule is Cc1ccccc1C(C)NS(=O)(=O)c1cccc(N)c1. The Morgan fingerprint density at radius 2 is 1.80 bits per heavy atom. The van der Waals surface area contributed by atoms with Crippen LogP contribution in [0.2, 0.25) is 0 Å². The standard InChI is InChI=1S/C15H18N2O2S/c1-11-6-3-4-9-15(11)12(2)17-20(18,19)14-8-5-7-13(16)10-14/h3-10,12,17H,16H2,1-2H3. The molecule has 0 aromatic heterocycles. The van der Waals surface area contributed by atoms with E-state index in [1.54, 1.807) is 12.1 Å². The van der Waals surface area contributed by atoms with Crippen molar-refractivity contribution in [1.29, 1.82) is 0 Å².